The summed E-state index contributed by atoms with van der Waals surface area (Å²) in [4.78, 5) is 6.04. The molecular formula is C13H14ClNS. The standard InChI is InChI=1S/C13H14ClNS/c1-3-11-12(4-2)16-13(15-11)9-7-5-6-8-10(9)14/h5-8H,3-4H2,1-2H3. The Hall–Kier alpha value is -0.860. The summed E-state index contributed by atoms with van der Waals surface area (Å²) in [6, 6.07) is 7.89. The van der Waals surface area contributed by atoms with Gasteiger partial charge in [-0.1, -0.05) is 43.6 Å². The fourth-order valence-electron chi connectivity index (χ4n) is 1.69. The lowest BCUT2D eigenvalue weighted by Gasteiger charge is -1.98. The van der Waals surface area contributed by atoms with Crippen molar-refractivity contribution >= 4 is 22.9 Å². The summed E-state index contributed by atoms with van der Waals surface area (Å²) in [5, 5.41) is 1.82. The highest BCUT2D eigenvalue weighted by molar-refractivity contribution is 7.15. The Balaban J connectivity index is 2.49. The Morgan fingerprint density at radius 1 is 1.19 bits per heavy atom. The molecule has 0 aliphatic carbocycles. The molecule has 0 bridgehead atoms. The average Bonchev–Trinajstić information content (AvgIpc) is 2.72. The van der Waals surface area contributed by atoms with Crippen LogP contribution in [0.25, 0.3) is 10.6 Å². The first-order chi connectivity index (χ1) is 7.76. The molecule has 0 N–H and O–H groups in total. The molecule has 1 aromatic heterocycles. The van der Waals surface area contributed by atoms with Crippen molar-refractivity contribution in [2.24, 2.45) is 0 Å². The lowest BCUT2D eigenvalue weighted by molar-refractivity contribution is 1.01. The highest BCUT2D eigenvalue weighted by Gasteiger charge is 2.11. The Bertz CT molecular complexity index is 469. The van der Waals surface area contributed by atoms with E-state index in [4.69, 9.17) is 11.6 Å². The van der Waals surface area contributed by atoms with Gasteiger partial charge in [-0.3, -0.25) is 0 Å². The fourth-order valence-corrected chi connectivity index (χ4v) is 3.10. The number of aryl methyl sites for hydroxylation is 2. The van der Waals surface area contributed by atoms with Crippen LogP contribution in [0, 0.1) is 0 Å². The molecule has 1 heterocycles. The van der Waals surface area contributed by atoms with Gasteiger partial charge >= 0.3 is 0 Å². The molecule has 0 spiro atoms. The molecule has 2 rings (SSSR count). The van der Waals surface area contributed by atoms with Crippen LogP contribution in [-0.4, -0.2) is 4.98 Å². The highest BCUT2D eigenvalue weighted by Crippen LogP contribution is 2.33. The van der Waals surface area contributed by atoms with Crippen LogP contribution in [0.2, 0.25) is 5.02 Å². The molecule has 16 heavy (non-hydrogen) atoms. The van der Waals surface area contributed by atoms with Crippen LogP contribution in [0.15, 0.2) is 24.3 Å². The van der Waals surface area contributed by atoms with Crippen LogP contribution in [0.5, 0.6) is 0 Å². The number of hydrogen-bond donors (Lipinski definition) is 0. The summed E-state index contributed by atoms with van der Waals surface area (Å²) in [5.41, 5.74) is 2.26. The molecule has 0 amide bonds. The van der Waals surface area contributed by atoms with Crippen molar-refractivity contribution in [3.05, 3.63) is 39.9 Å². The molecule has 0 aliphatic heterocycles. The quantitative estimate of drug-likeness (QED) is 0.778. The molecule has 0 fully saturated rings. The molecule has 0 aliphatic rings. The van der Waals surface area contributed by atoms with E-state index in [0.29, 0.717) is 0 Å². The Kier molecular flexibility index (Phi) is 3.62. The lowest BCUT2D eigenvalue weighted by atomic mass is 10.2. The van der Waals surface area contributed by atoms with Crippen molar-refractivity contribution in [2.45, 2.75) is 26.7 Å². The van der Waals surface area contributed by atoms with Gasteiger partial charge < -0.3 is 0 Å². The van der Waals surface area contributed by atoms with Crippen molar-refractivity contribution in [1.82, 2.24) is 4.98 Å². The number of hydrogen-bond acceptors (Lipinski definition) is 2. The maximum absolute atomic E-state index is 6.17. The smallest absolute Gasteiger partial charge is 0.125 e. The van der Waals surface area contributed by atoms with E-state index in [0.717, 1.165) is 28.4 Å². The zero-order valence-corrected chi connectivity index (χ0v) is 11.0. The van der Waals surface area contributed by atoms with Gasteiger partial charge in [0.1, 0.15) is 5.01 Å². The van der Waals surface area contributed by atoms with Crippen molar-refractivity contribution in [3.8, 4) is 10.6 Å². The van der Waals surface area contributed by atoms with Crippen molar-refractivity contribution < 1.29 is 0 Å². The highest BCUT2D eigenvalue weighted by atomic mass is 35.5. The fraction of sp³-hybridized carbons (Fsp3) is 0.308. The predicted molar refractivity (Wildman–Crippen MR) is 71.3 cm³/mol. The summed E-state index contributed by atoms with van der Waals surface area (Å²) in [7, 11) is 0. The third kappa shape index (κ3) is 2.13. The maximum atomic E-state index is 6.17. The maximum Gasteiger partial charge on any atom is 0.125 e. The summed E-state index contributed by atoms with van der Waals surface area (Å²) >= 11 is 7.93. The van der Waals surface area contributed by atoms with Crippen molar-refractivity contribution in [1.29, 1.82) is 0 Å². The van der Waals surface area contributed by atoms with Gasteiger partial charge in [-0.05, 0) is 18.9 Å². The lowest BCUT2D eigenvalue weighted by Crippen LogP contribution is -1.85. The summed E-state index contributed by atoms with van der Waals surface area (Å²) in [5.74, 6) is 0. The van der Waals surface area contributed by atoms with Gasteiger partial charge in [0.25, 0.3) is 0 Å². The molecule has 0 atom stereocenters. The summed E-state index contributed by atoms with van der Waals surface area (Å²) in [6.07, 6.45) is 2.04. The second-order valence-corrected chi connectivity index (χ2v) is 5.07. The van der Waals surface area contributed by atoms with E-state index in [-0.39, 0.29) is 0 Å². The minimum Gasteiger partial charge on any atom is -0.241 e. The minimum atomic E-state index is 0.779. The van der Waals surface area contributed by atoms with E-state index >= 15 is 0 Å². The number of benzene rings is 1. The molecule has 2 aromatic rings. The predicted octanol–water partition coefficient (Wildman–Crippen LogP) is 4.59. The van der Waals surface area contributed by atoms with E-state index in [9.17, 15) is 0 Å². The molecule has 3 heteroatoms. The van der Waals surface area contributed by atoms with Gasteiger partial charge in [0.2, 0.25) is 0 Å². The molecule has 0 saturated heterocycles. The first-order valence-electron chi connectivity index (χ1n) is 5.49. The third-order valence-corrected chi connectivity index (χ3v) is 4.14. The molecule has 0 radical (unpaired) electrons. The van der Waals surface area contributed by atoms with Crippen molar-refractivity contribution in [2.75, 3.05) is 0 Å². The molecule has 84 valence electrons. The molecule has 1 aromatic carbocycles. The Labute approximate surface area is 105 Å². The van der Waals surface area contributed by atoms with E-state index in [1.807, 2.05) is 24.3 Å². The van der Waals surface area contributed by atoms with Gasteiger partial charge in [0.15, 0.2) is 0 Å². The molecule has 0 saturated carbocycles. The second-order valence-electron chi connectivity index (χ2n) is 3.58. The van der Waals surface area contributed by atoms with E-state index in [2.05, 4.69) is 18.8 Å². The molecule has 1 nitrogen and oxygen atoms in total. The third-order valence-electron chi connectivity index (χ3n) is 2.54. The Morgan fingerprint density at radius 3 is 2.50 bits per heavy atom. The van der Waals surface area contributed by atoms with Gasteiger partial charge in [-0.15, -0.1) is 11.3 Å². The number of aromatic nitrogens is 1. The van der Waals surface area contributed by atoms with Crippen molar-refractivity contribution in [3.63, 3.8) is 0 Å². The van der Waals surface area contributed by atoms with Crippen LogP contribution in [0.4, 0.5) is 0 Å². The van der Waals surface area contributed by atoms with Crippen LogP contribution in [-0.2, 0) is 12.8 Å². The number of halogens is 1. The minimum absolute atomic E-state index is 0.779. The summed E-state index contributed by atoms with van der Waals surface area (Å²) in [6.45, 7) is 4.31. The van der Waals surface area contributed by atoms with Gasteiger partial charge in [-0.25, -0.2) is 4.98 Å². The van der Waals surface area contributed by atoms with Gasteiger partial charge in [-0.2, -0.15) is 0 Å². The number of thiazole rings is 1. The normalized spacial score (nSPS) is 10.7. The zero-order valence-electron chi connectivity index (χ0n) is 9.46. The van der Waals surface area contributed by atoms with Crippen LogP contribution in [0.1, 0.15) is 24.4 Å². The first-order valence-corrected chi connectivity index (χ1v) is 6.69. The zero-order chi connectivity index (χ0) is 11.5. The SMILES string of the molecule is CCc1nc(-c2ccccc2Cl)sc1CC. The van der Waals surface area contributed by atoms with Gasteiger partial charge in [0, 0.05) is 10.4 Å². The molecule has 0 unspecified atom stereocenters. The average molecular weight is 252 g/mol. The Morgan fingerprint density at radius 2 is 1.94 bits per heavy atom. The van der Waals surface area contributed by atoms with E-state index in [1.54, 1.807) is 11.3 Å². The van der Waals surface area contributed by atoms with E-state index in [1.165, 1.54) is 10.6 Å². The van der Waals surface area contributed by atoms with Crippen LogP contribution in [0.3, 0.4) is 0 Å². The van der Waals surface area contributed by atoms with Gasteiger partial charge in [0.05, 0.1) is 10.7 Å². The van der Waals surface area contributed by atoms with Crippen LogP contribution < -0.4 is 0 Å². The number of nitrogens with zero attached hydrogens (tertiary/aromatic N) is 1. The topological polar surface area (TPSA) is 12.9 Å². The molecular weight excluding hydrogens is 238 g/mol. The largest absolute Gasteiger partial charge is 0.241 e. The second kappa shape index (κ2) is 4.98. The monoisotopic (exact) mass is 251 g/mol. The van der Waals surface area contributed by atoms with Crippen LogP contribution >= 0.6 is 22.9 Å². The summed E-state index contributed by atoms with van der Waals surface area (Å²) < 4.78 is 0. The first kappa shape index (κ1) is 11.6. The number of rotatable bonds is 3. The van der Waals surface area contributed by atoms with E-state index < -0.39 is 0 Å².